The number of benzene rings is 4. The second kappa shape index (κ2) is 8.75. The van der Waals surface area contributed by atoms with Crippen molar-refractivity contribution in [2.75, 3.05) is 0 Å². The summed E-state index contributed by atoms with van der Waals surface area (Å²) < 4.78 is 0. The molecule has 0 unspecified atom stereocenters. The van der Waals surface area contributed by atoms with Crippen LogP contribution < -0.4 is 0 Å². The Bertz CT molecular complexity index is 954. The number of aromatic hydroxyl groups is 3. The summed E-state index contributed by atoms with van der Waals surface area (Å²) in [6, 6.07) is 28.6. The fourth-order valence-electron chi connectivity index (χ4n) is 3.69. The molecule has 0 atom stereocenters. The van der Waals surface area contributed by atoms with Gasteiger partial charge in [-0.1, -0.05) is 54.6 Å². The highest BCUT2D eigenvalue weighted by atomic mass is 16.3. The number of phenols is 3. The van der Waals surface area contributed by atoms with Gasteiger partial charge in [0.25, 0.3) is 0 Å². The van der Waals surface area contributed by atoms with Gasteiger partial charge in [0, 0.05) is 0 Å². The molecule has 150 valence electrons. The summed E-state index contributed by atoms with van der Waals surface area (Å²) >= 11 is 0. The number of phenolic OH excluding ortho intramolecular Hbond substituents is 3. The van der Waals surface area contributed by atoms with Crippen LogP contribution >= 0.6 is 0 Å². The minimum Gasteiger partial charge on any atom is -0.508 e. The molecule has 3 N–H and O–H groups in total. The molecule has 0 saturated heterocycles. The fraction of sp³-hybridized carbons (Fsp3) is 0.111. The Hall–Kier alpha value is -3.72. The van der Waals surface area contributed by atoms with E-state index in [2.05, 4.69) is 18.2 Å². The van der Waals surface area contributed by atoms with E-state index >= 15 is 0 Å². The third-order valence-corrected chi connectivity index (χ3v) is 5.15. The van der Waals surface area contributed by atoms with Gasteiger partial charge in [-0.05, 0) is 89.0 Å². The van der Waals surface area contributed by atoms with Gasteiger partial charge in [0.2, 0.25) is 0 Å². The Labute approximate surface area is 176 Å². The minimum atomic E-state index is 0.271. The van der Waals surface area contributed by atoms with Gasteiger partial charge >= 0.3 is 0 Å². The van der Waals surface area contributed by atoms with Gasteiger partial charge < -0.3 is 15.3 Å². The van der Waals surface area contributed by atoms with Crippen molar-refractivity contribution in [3.63, 3.8) is 0 Å². The van der Waals surface area contributed by atoms with Gasteiger partial charge in [-0.2, -0.15) is 0 Å². The maximum Gasteiger partial charge on any atom is 0.115 e. The van der Waals surface area contributed by atoms with E-state index in [1.54, 1.807) is 36.4 Å². The Morgan fingerprint density at radius 3 is 0.800 bits per heavy atom. The molecule has 4 aromatic carbocycles. The zero-order chi connectivity index (χ0) is 20.9. The van der Waals surface area contributed by atoms with E-state index in [1.807, 2.05) is 36.4 Å². The van der Waals surface area contributed by atoms with Crippen LogP contribution in [0, 0.1) is 0 Å². The lowest BCUT2D eigenvalue weighted by Crippen LogP contribution is -1.97. The summed E-state index contributed by atoms with van der Waals surface area (Å²) in [5.74, 6) is 0.813. The summed E-state index contributed by atoms with van der Waals surface area (Å²) in [6.07, 6.45) is 2.35. The van der Waals surface area contributed by atoms with Gasteiger partial charge in [-0.15, -0.1) is 0 Å². The first kappa shape index (κ1) is 19.6. The van der Waals surface area contributed by atoms with Crippen molar-refractivity contribution in [1.29, 1.82) is 0 Å². The lowest BCUT2D eigenvalue weighted by Gasteiger charge is -2.11. The van der Waals surface area contributed by atoms with Crippen LogP contribution in [0.25, 0.3) is 0 Å². The lowest BCUT2D eigenvalue weighted by molar-refractivity contribution is 0.474. The van der Waals surface area contributed by atoms with Crippen molar-refractivity contribution in [2.45, 2.75) is 19.3 Å². The highest BCUT2D eigenvalue weighted by Gasteiger charge is 2.06. The second-order valence-corrected chi connectivity index (χ2v) is 7.69. The molecule has 0 saturated carbocycles. The van der Waals surface area contributed by atoms with Crippen molar-refractivity contribution in [2.24, 2.45) is 0 Å². The number of hydrogen-bond acceptors (Lipinski definition) is 3. The topological polar surface area (TPSA) is 60.7 Å². The third kappa shape index (κ3) is 5.21. The molecule has 0 amide bonds. The van der Waals surface area contributed by atoms with Crippen LogP contribution in [0.4, 0.5) is 0 Å². The van der Waals surface area contributed by atoms with Crippen molar-refractivity contribution in [3.8, 4) is 17.2 Å². The minimum absolute atomic E-state index is 0.271. The van der Waals surface area contributed by atoms with Gasteiger partial charge in [0.15, 0.2) is 0 Å². The van der Waals surface area contributed by atoms with Crippen LogP contribution in [0.2, 0.25) is 0 Å². The van der Waals surface area contributed by atoms with E-state index in [1.165, 1.54) is 16.7 Å². The Morgan fingerprint density at radius 2 is 0.567 bits per heavy atom. The van der Waals surface area contributed by atoms with Crippen molar-refractivity contribution in [3.05, 3.63) is 124 Å². The zero-order valence-electron chi connectivity index (χ0n) is 16.6. The van der Waals surface area contributed by atoms with Crippen LogP contribution in [-0.4, -0.2) is 15.3 Å². The molecule has 4 aromatic rings. The third-order valence-electron chi connectivity index (χ3n) is 5.15. The Kier molecular flexibility index (Phi) is 5.71. The molecule has 0 aliphatic carbocycles. The quantitative estimate of drug-likeness (QED) is 0.399. The number of hydrogen-bond donors (Lipinski definition) is 3. The molecule has 3 heteroatoms. The van der Waals surface area contributed by atoms with E-state index in [0.717, 1.165) is 36.0 Å². The van der Waals surface area contributed by atoms with Crippen LogP contribution in [0.15, 0.2) is 91.0 Å². The average Bonchev–Trinajstić information content (AvgIpc) is 2.73. The maximum absolute atomic E-state index is 9.54. The first-order valence-electron chi connectivity index (χ1n) is 9.99. The summed E-state index contributed by atoms with van der Waals surface area (Å²) in [4.78, 5) is 0. The molecule has 30 heavy (non-hydrogen) atoms. The largest absolute Gasteiger partial charge is 0.508 e. The van der Waals surface area contributed by atoms with E-state index in [4.69, 9.17) is 0 Å². The molecule has 0 spiro atoms. The Balaban J connectivity index is 1.64. The molecule has 0 heterocycles. The molecule has 0 fully saturated rings. The molecule has 4 rings (SSSR count). The van der Waals surface area contributed by atoms with Crippen molar-refractivity contribution >= 4 is 0 Å². The molecule has 3 nitrogen and oxygen atoms in total. The molecular formula is C27H24O3. The first-order chi connectivity index (χ1) is 14.5. The summed E-state index contributed by atoms with van der Waals surface area (Å²) in [5.41, 5.74) is 7.07. The summed E-state index contributed by atoms with van der Waals surface area (Å²) in [5, 5.41) is 28.6. The van der Waals surface area contributed by atoms with Crippen LogP contribution in [0.5, 0.6) is 17.2 Å². The monoisotopic (exact) mass is 396 g/mol. The molecular weight excluding hydrogens is 372 g/mol. The SMILES string of the molecule is Oc1ccc(Cc2cc(Cc3ccc(O)cc3)cc(Cc3ccc(O)cc3)c2)cc1. The van der Waals surface area contributed by atoms with E-state index in [-0.39, 0.29) is 17.2 Å². The second-order valence-electron chi connectivity index (χ2n) is 7.69. The normalized spacial score (nSPS) is 10.8. The first-order valence-corrected chi connectivity index (χ1v) is 9.99. The average molecular weight is 396 g/mol. The fourth-order valence-corrected chi connectivity index (χ4v) is 3.69. The lowest BCUT2D eigenvalue weighted by atomic mass is 9.94. The molecule has 0 bridgehead atoms. The highest BCUT2D eigenvalue weighted by molar-refractivity contribution is 5.40. The summed E-state index contributed by atoms with van der Waals surface area (Å²) in [7, 11) is 0. The molecule has 0 aliphatic heterocycles. The van der Waals surface area contributed by atoms with Crippen molar-refractivity contribution in [1.82, 2.24) is 0 Å². The standard InChI is InChI=1S/C27H24O3/c28-25-7-1-19(2-8-25)13-22-16-23(14-20-3-9-26(29)10-4-20)18-24(17-22)15-21-5-11-27(30)12-6-21/h1-12,16-18,28-30H,13-15H2. The zero-order valence-corrected chi connectivity index (χ0v) is 16.6. The van der Waals surface area contributed by atoms with Gasteiger partial charge in [0.1, 0.15) is 17.2 Å². The van der Waals surface area contributed by atoms with Gasteiger partial charge in [-0.25, -0.2) is 0 Å². The van der Waals surface area contributed by atoms with Crippen LogP contribution in [-0.2, 0) is 19.3 Å². The Morgan fingerprint density at radius 1 is 0.333 bits per heavy atom. The summed E-state index contributed by atoms with van der Waals surface area (Å²) in [6.45, 7) is 0. The predicted octanol–water partition coefficient (Wildman–Crippen LogP) is 5.58. The van der Waals surface area contributed by atoms with Gasteiger partial charge in [0.05, 0.1) is 0 Å². The van der Waals surface area contributed by atoms with Crippen molar-refractivity contribution < 1.29 is 15.3 Å². The number of rotatable bonds is 6. The van der Waals surface area contributed by atoms with Gasteiger partial charge in [-0.3, -0.25) is 0 Å². The van der Waals surface area contributed by atoms with E-state index < -0.39 is 0 Å². The van der Waals surface area contributed by atoms with Crippen LogP contribution in [0.3, 0.4) is 0 Å². The van der Waals surface area contributed by atoms with E-state index in [9.17, 15) is 15.3 Å². The predicted molar refractivity (Wildman–Crippen MR) is 119 cm³/mol. The van der Waals surface area contributed by atoms with E-state index in [0.29, 0.717) is 0 Å². The van der Waals surface area contributed by atoms with Crippen LogP contribution in [0.1, 0.15) is 33.4 Å². The smallest absolute Gasteiger partial charge is 0.115 e. The molecule has 0 radical (unpaired) electrons. The maximum atomic E-state index is 9.54. The molecule has 0 aliphatic rings. The highest BCUT2D eigenvalue weighted by Crippen LogP contribution is 2.22. The molecule has 0 aromatic heterocycles.